The molecule has 0 unspecified atom stereocenters. The predicted octanol–water partition coefficient (Wildman–Crippen LogP) is 6.54. The maximum absolute atomic E-state index is 14.4. The molecule has 4 aromatic rings. The molecule has 0 radical (unpaired) electrons. The lowest BCUT2D eigenvalue weighted by Crippen LogP contribution is -2.53. The van der Waals surface area contributed by atoms with Crippen molar-refractivity contribution in [2.24, 2.45) is 0 Å². The van der Waals surface area contributed by atoms with Crippen LogP contribution in [0.2, 0.25) is 5.02 Å². The first-order chi connectivity index (χ1) is 21.6. The largest absolute Gasteiger partial charge is 0.354 e. The van der Waals surface area contributed by atoms with Crippen LogP contribution in [0.15, 0.2) is 108 Å². The summed E-state index contributed by atoms with van der Waals surface area (Å²) >= 11 is 6.28. The Morgan fingerprint density at radius 1 is 0.889 bits per heavy atom. The summed E-state index contributed by atoms with van der Waals surface area (Å²) in [6.45, 7) is 3.73. The Labute approximate surface area is 269 Å². The monoisotopic (exact) mass is 649 g/mol. The van der Waals surface area contributed by atoms with Crippen LogP contribution in [0.4, 0.5) is 10.1 Å². The molecule has 7 nitrogen and oxygen atoms in total. The zero-order valence-electron chi connectivity index (χ0n) is 25.3. The molecule has 0 heterocycles. The summed E-state index contributed by atoms with van der Waals surface area (Å²) in [4.78, 5) is 29.4. The lowest BCUT2D eigenvalue weighted by atomic mass is 10.0. The average Bonchev–Trinajstić information content (AvgIpc) is 3.02. The van der Waals surface area contributed by atoms with Crippen LogP contribution in [-0.2, 0) is 32.6 Å². The minimum Gasteiger partial charge on any atom is -0.354 e. The van der Waals surface area contributed by atoms with Gasteiger partial charge in [0.25, 0.3) is 10.0 Å². The average molecular weight is 650 g/mol. The summed E-state index contributed by atoms with van der Waals surface area (Å²) in [6.07, 6.45) is 1.85. The smallest absolute Gasteiger partial charge is 0.264 e. The fourth-order valence-electron chi connectivity index (χ4n) is 4.87. The molecule has 0 aliphatic heterocycles. The van der Waals surface area contributed by atoms with E-state index in [4.69, 9.17) is 11.6 Å². The SMILES string of the molecule is CCCCNC(=O)[C@@H](Cc1ccccc1)N(Cc1cccc(Cl)c1)C(=O)CN(c1ccc(C)cc1)S(=O)(=O)c1ccc(F)cc1. The highest BCUT2D eigenvalue weighted by atomic mass is 35.5. The van der Waals surface area contributed by atoms with E-state index in [-0.39, 0.29) is 29.5 Å². The van der Waals surface area contributed by atoms with Crippen molar-refractivity contribution in [2.45, 2.75) is 50.6 Å². The summed E-state index contributed by atoms with van der Waals surface area (Å²) < 4.78 is 42.7. The number of carbonyl (C=O) groups excluding carboxylic acids is 2. The summed E-state index contributed by atoms with van der Waals surface area (Å²) in [5, 5.41) is 3.43. The van der Waals surface area contributed by atoms with Crippen molar-refractivity contribution in [2.75, 3.05) is 17.4 Å². The maximum atomic E-state index is 14.4. The standard InChI is InChI=1S/C35H37ClFN3O4S/c1-3-4-21-38-35(42)33(23-27-9-6-5-7-10-27)39(24-28-11-8-12-29(36)22-28)34(41)25-40(31-17-13-26(2)14-18-31)45(43,44)32-19-15-30(37)16-20-32/h5-20,22,33H,3-4,21,23-25H2,1-2H3,(H,38,42)/t33-/m1/s1. The van der Waals surface area contributed by atoms with Gasteiger partial charge in [-0.3, -0.25) is 13.9 Å². The van der Waals surface area contributed by atoms with Gasteiger partial charge in [0.2, 0.25) is 11.8 Å². The van der Waals surface area contributed by atoms with Gasteiger partial charge in [-0.05, 0) is 73.0 Å². The van der Waals surface area contributed by atoms with Crippen molar-refractivity contribution in [1.82, 2.24) is 10.2 Å². The van der Waals surface area contributed by atoms with Gasteiger partial charge in [-0.15, -0.1) is 0 Å². The molecule has 45 heavy (non-hydrogen) atoms. The number of nitrogens with zero attached hydrogens (tertiary/aromatic N) is 2. The molecule has 0 bridgehead atoms. The van der Waals surface area contributed by atoms with Gasteiger partial charge >= 0.3 is 0 Å². The molecule has 2 amide bonds. The van der Waals surface area contributed by atoms with Crippen LogP contribution in [0, 0.1) is 12.7 Å². The highest BCUT2D eigenvalue weighted by Gasteiger charge is 2.34. The third kappa shape index (κ3) is 9.15. The molecule has 0 fully saturated rings. The van der Waals surface area contributed by atoms with E-state index in [0.717, 1.165) is 40.4 Å². The molecule has 0 saturated heterocycles. The third-order valence-corrected chi connectivity index (χ3v) is 9.37. The number of amides is 2. The number of hydrogen-bond donors (Lipinski definition) is 1. The number of nitrogens with one attached hydrogen (secondary N) is 1. The Morgan fingerprint density at radius 2 is 1.56 bits per heavy atom. The van der Waals surface area contributed by atoms with Gasteiger partial charge in [-0.1, -0.05) is 85.1 Å². The number of carbonyl (C=O) groups is 2. The number of anilines is 1. The van der Waals surface area contributed by atoms with Crippen molar-refractivity contribution in [3.63, 3.8) is 0 Å². The number of aryl methyl sites for hydroxylation is 1. The minimum absolute atomic E-state index is 0.0103. The van der Waals surface area contributed by atoms with Crippen LogP contribution in [0.3, 0.4) is 0 Å². The number of hydrogen-bond acceptors (Lipinski definition) is 4. The van der Waals surface area contributed by atoms with Crippen molar-refractivity contribution >= 4 is 39.1 Å². The van der Waals surface area contributed by atoms with Gasteiger partial charge in [0.1, 0.15) is 18.4 Å². The second-order valence-electron chi connectivity index (χ2n) is 10.8. The van der Waals surface area contributed by atoms with Crippen LogP contribution < -0.4 is 9.62 Å². The second-order valence-corrected chi connectivity index (χ2v) is 13.1. The minimum atomic E-state index is -4.32. The van der Waals surface area contributed by atoms with E-state index in [0.29, 0.717) is 17.1 Å². The zero-order chi connectivity index (χ0) is 32.4. The maximum Gasteiger partial charge on any atom is 0.264 e. The van der Waals surface area contributed by atoms with E-state index in [1.165, 1.54) is 17.0 Å². The highest BCUT2D eigenvalue weighted by Crippen LogP contribution is 2.26. The molecule has 10 heteroatoms. The van der Waals surface area contributed by atoms with Gasteiger partial charge in [0, 0.05) is 24.5 Å². The first kappa shape index (κ1) is 33.7. The van der Waals surface area contributed by atoms with Crippen LogP contribution in [0.25, 0.3) is 0 Å². The van der Waals surface area contributed by atoms with Gasteiger partial charge in [0.15, 0.2) is 0 Å². The Balaban J connectivity index is 1.78. The molecule has 0 saturated carbocycles. The fourth-order valence-corrected chi connectivity index (χ4v) is 6.49. The molecule has 0 spiro atoms. The van der Waals surface area contributed by atoms with Gasteiger partial charge in [-0.25, -0.2) is 12.8 Å². The normalized spacial score (nSPS) is 11.9. The van der Waals surface area contributed by atoms with Crippen LogP contribution in [-0.4, -0.2) is 44.3 Å². The molecular formula is C35H37ClFN3O4S. The molecular weight excluding hydrogens is 613 g/mol. The van der Waals surface area contributed by atoms with E-state index >= 15 is 0 Å². The molecule has 1 atom stereocenters. The van der Waals surface area contributed by atoms with E-state index in [1.54, 1.807) is 48.5 Å². The summed E-state index contributed by atoms with van der Waals surface area (Å²) in [7, 11) is -4.32. The summed E-state index contributed by atoms with van der Waals surface area (Å²) in [5.74, 6) is -1.52. The number of sulfonamides is 1. The fraction of sp³-hybridized carbons (Fsp3) is 0.257. The number of rotatable bonds is 14. The van der Waals surface area contributed by atoms with Crippen molar-refractivity contribution < 1.29 is 22.4 Å². The zero-order valence-corrected chi connectivity index (χ0v) is 26.9. The van der Waals surface area contributed by atoms with Crippen LogP contribution in [0.5, 0.6) is 0 Å². The van der Waals surface area contributed by atoms with E-state index in [1.807, 2.05) is 44.2 Å². The van der Waals surface area contributed by atoms with E-state index < -0.39 is 34.3 Å². The molecule has 236 valence electrons. The van der Waals surface area contributed by atoms with Crippen LogP contribution >= 0.6 is 11.6 Å². The first-order valence-electron chi connectivity index (χ1n) is 14.8. The Hall–Kier alpha value is -4.21. The van der Waals surface area contributed by atoms with Crippen LogP contribution in [0.1, 0.15) is 36.5 Å². The highest BCUT2D eigenvalue weighted by molar-refractivity contribution is 7.92. The molecule has 0 aliphatic rings. The van der Waals surface area contributed by atoms with Gasteiger partial charge in [-0.2, -0.15) is 0 Å². The molecule has 0 aromatic heterocycles. The quantitative estimate of drug-likeness (QED) is 0.157. The number of halogens is 2. The molecule has 0 aliphatic carbocycles. The van der Waals surface area contributed by atoms with Gasteiger partial charge in [0.05, 0.1) is 10.6 Å². The number of unbranched alkanes of at least 4 members (excludes halogenated alkanes) is 1. The van der Waals surface area contributed by atoms with Crippen molar-refractivity contribution in [3.05, 3.63) is 131 Å². The Kier molecular flexibility index (Phi) is 11.7. The first-order valence-corrected chi connectivity index (χ1v) is 16.6. The summed E-state index contributed by atoms with van der Waals surface area (Å²) in [5.41, 5.74) is 2.68. The number of benzene rings is 4. The lowest BCUT2D eigenvalue weighted by Gasteiger charge is -2.34. The Morgan fingerprint density at radius 3 is 2.20 bits per heavy atom. The lowest BCUT2D eigenvalue weighted by molar-refractivity contribution is -0.140. The predicted molar refractivity (Wildman–Crippen MR) is 176 cm³/mol. The van der Waals surface area contributed by atoms with E-state index in [2.05, 4.69) is 5.32 Å². The third-order valence-electron chi connectivity index (χ3n) is 7.35. The van der Waals surface area contributed by atoms with Crippen molar-refractivity contribution in [3.8, 4) is 0 Å². The van der Waals surface area contributed by atoms with E-state index in [9.17, 15) is 22.4 Å². The Bertz CT molecular complexity index is 1680. The molecule has 4 rings (SSSR count). The summed E-state index contributed by atoms with van der Waals surface area (Å²) in [6, 6.07) is 26.5. The molecule has 4 aromatic carbocycles. The van der Waals surface area contributed by atoms with Gasteiger partial charge < -0.3 is 10.2 Å². The second kappa shape index (κ2) is 15.7. The topological polar surface area (TPSA) is 86.8 Å². The van der Waals surface area contributed by atoms with Crippen molar-refractivity contribution in [1.29, 1.82) is 0 Å². The molecule has 1 N–H and O–H groups in total.